The van der Waals surface area contributed by atoms with E-state index in [1.54, 1.807) is 24.6 Å². The van der Waals surface area contributed by atoms with Crippen molar-refractivity contribution in [3.8, 4) is 11.1 Å². The highest BCUT2D eigenvalue weighted by Gasteiger charge is 2.68. The van der Waals surface area contributed by atoms with Gasteiger partial charge in [0.2, 0.25) is 6.41 Å². The smallest absolute Gasteiger partial charge is 0.435 e. The molecule has 26 heteroatoms. The topological polar surface area (TPSA) is 156 Å². The molecular formula is C48H53ClF10N8O5S2. The lowest BCUT2D eigenvalue weighted by molar-refractivity contribution is -0.143. The Morgan fingerprint density at radius 1 is 0.986 bits per heavy atom. The van der Waals surface area contributed by atoms with Gasteiger partial charge in [0.1, 0.15) is 23.9 Å². The highest BCUT2D eigenvalue weighted by atomic mass is 35.5. The number of rotatable bonds is 12. The number of carbonyl (C=O) groups excluding carboxylic acids is 2. The second-order valence-electron chi connectivity index (χ2n) is 18.7. The molecule has 0 spiro atoms. The first-order valence-electron chi connectivity index (χ1n) is 23.1. The first kappa shape index (κ1) is 57.8. The Balaban J connectivity index is 0.000000302. The molecule has 2 aromatic carbocycles. The summed E-state index contributed by atoms with van der Waals surface area (Å²) in [5.41, 5.74) is -0.525. The number of aliphatic carboxylic acids is 1. The van der Waals surface area contributed by atoms with Crippen molar-refractivity contribution >= 4 is 69.5 Å². The van der Waals surface area contributed by atoms with Gasteiger partial charge in [0.25, 0.3) is 5.92 Å². The molecule has 1 saturated heterocycles. The predicted octanol–water partition coefficient (Wildman–Crippen LogP) is 11.5. The molecule has 3 aliphatic rings. The molecule has 0 radical (unpaired) electrons. The Morgan fingerprint density at radius 2 is 1.59 bits per heavy atom. The van der Waals surface area contributed by atoms with Gasteiger partial charge in [0.05, 0.1) is 33.6 Å². The third kappa shape index (κ3) is 12.6. The van der Waals surface area contributed by atoms with Crippen LogP contribution in [0.2, 0.25) is 5.02 Å². The van der Waals surface area contributed by atoms with Gasteiger partial charge >= 0.3 is 24.4 Å². The quantitative estimate of drug-likeness (QED) is 0.0705. The van der Waals surface area contributed by atoms with E-state index in [1.165, 1.54) is 24.0 Å². The number of benzene rings is 2. The summed E-state index contributed by atoms with van der Waals surface area (Å²) in [5, 5.41) is 19.6. The fraction of sp³-hybridized carbons (Fsp3) is 0.500. The fourth-order valence-electron chi connectivity index (χ4n) is 8.80. The van der Waals surface area contributed by atoms with Crippen LogP contribution in [0.3, 0.4) is 0 Å². The minimum absolute atomic E-state index is 0.00102. The van der Waals surface area contributed by atoms with Crippen LogP contribution in [0.15, 0.2) is 42.5 Å². The number of amides is 3. The normalized spacial score (nSPS) is 18.1. The molecule has 74 heavy (non-hydrogen) atoms. The number of fused-ring (bicyclic) bond motifs is 4. The van der Waals surface area contributed by atoms with Crippen molar-refractivity contribution in [2.45, 2.75) is 115 Å². The largest absolute Gasteiger partial charge is 0.481 e. The van der Waals surface area contributed by atoms with Gasteiger partial charge in [-0.25, -0.2) is 17.9 Å². The number of pyridine rings is 1. The summed E-state index contributed by atoms with van der Waals surface area (Å²) in [5.74, 6) is -8.18. The molecule has 0 bridgehead atoms. The summed E-state index contributed by atoms with van der Waals surface area (Å²) < 4.78 is 149. The number of alkyl halides is 8. The maximum absolute atomic E-state index is 14.1. The Morgan fingerprint density at radius 3 is 2.11 bits per heavy atom. The Bertz CT molecular complexity index is 2900. The van der Waals surface area contributed by atoms with Gasteiger partial charge in [-0.15, -0.1) is 0 Å². The monoisotopic (exact) mass is 1110 g/mol. The number of aromatic nitrogens is 5. The van der Waals surface area contributed by atoms with Gasteiger partial charge in [-0.1, -0.05) is 30.7 Å². The summed E-state index contributed by atoms with van der Waals surface area (Å²) in [6.45, 7) is 7.93. The second kappa shape index (κ2) is 22.4. The molecule has 1 saturated carbocycles. The number of carbonyl (C=O) groups is 3. The van der Waals surface area contributed by atoms with Gasteiger partial charge in [-0.05, 0) is 107 Å². The molecule has 4 atom stereocenters. The van der Waals surface area contributed by atoms with Crippen LogP contribution in [0.25, 0.3) is 22.0 Å². The van der Waals surface area contributed by atoms with Crippen molar-refractivity contribution in [1.29, 1.82) is 0 Å². The third-order valence-corrected chi connectivity index (χ3v) is 15.5. The van der Waals surface area contributed by atoms with Crippen molar-refractivity contribution in [3.05, 3.63) is 93.0 Å². The van der Waals surface area contributed by atoms with Crippen LogP contribution in [0.1, 0.15) is 99.7 Å². The van der Waals surface area contributed by atoms with Crippen LogP contribution in [0.4, 0.5) is 54.5 Å². The Labute approximate surface area is 431 Å². The van der Waals surface area contributed by atoms with Gasteiger partial charge in [-0.2, -0.15) is 45.3 Å². The average Bonchev–Trinajstić information content (AvgIpc) is 3.81. The van der Waals surface area contributed by atoms with Crippen molar-refractivity contribution in [2.24, 2.45) is 11.8 Å². The van der Waals surface area contributed by atoms with Gasteiger partial charge < -0.3 is 15.3 Å². The van der Waals surface area contributed by atoms with E-state index in [-0.39, 0.29) is 99.8 Å². The molecule has 2 N–H and O–H groups in total. The number of nitrogens with one attached hydrogen (secondary N) is 1. The number of aryl methyl sites for hydroxylation is 2. The SMILES string of the molecule is CCc1ccc(-c2ccc(Cl)c3c(N(SC)C(=O)N4CCC(C(=O)O)CC4)nn(CC(F)(F)F)c23)c(C(Cc2cc(F)cc(F)c2)NC=O)n1.CCn1nc(C(F)(F)F)c2c1C(F)(F)[C@@H]1C[C@H]21.CS(=O)C(C)(C)C. The number of hydrogen-bond acceptors (Lipinski definition) is 8. The summed E-state index contributed by atoms with van der Waals surface area (Å²) in [6.07, 6.45) is -4.85. The van der Waals surface area contributed by atoms with Crippen molar-refractivity contribution < 1.29 is 67.6 Å². The highest BCUT2D eigenvalue weighted by Crippen LogP contribution is 2.68. The Hall–Kier alpha value is -5.43. The van der Waals surface area contributed by atoms with Gasteiger partial charge in [0, 0.05) is 82.1 Å². The number of carboxylic acid groups (broad SMARTS) is 1. The standard InChI is InChI=1S/C33H32ClF5N6O4S.C10H9F5N2.C5H12OS/c1-3-22-4-5-23(28(41-22)26(40-17-46)14-18-12-20(35)15-21(36)13-18)24-6-7-25(34)27-29(24)44(16-33(37,38)39)42-30(27)45(50-2)32(49)43-10-8-19(9-11-43)31(47)48;1-2-17-8-6(7(16-17)10(13,14)15)4-3-5(4)9(8,11)12;1-5(2,3)7(4)6/h4-7,12-13,15,17,19,26H,3,8-11,14,16H2,1-2H3,(H,40,46)(H,47,48);4-5H,2-3H2,1H3;1-4H3/t;4-,5+;/m.0./s1. The maximum atomic E-state index is 14.1. The Kier molecular flexibility index (Phi) is 17.5. The van der Waals surface area contributed by atoms with Crippen LogP contribution in [0, 0.1) is 23.5 Å². The van der Waals surface area contributed by atoms with E-state index in [9.17, 15) is 67.6 Å². The minimum Gasteiger partial charge on any atom is -0.481 e. The van der Waals surface area contributed by atoms with Crippen LogP contribution in [0.5, 0.6) is 0 Å². The van der Waals surface area contributed by atoms with Gasteiger partial charge in [-0.3, -0.25) is 28.1 Å². The average molecular weight is 1110 g/mol. The van der Waals surface area contributed by atoms with Crippen molar-refractivity contribution in [3.63, 3.8) is 0 Å². The molecule has 8 rings (SSSR count). The molecule has 2 aliphatic carbocycles. The van der Waals surface area contributed by atoms with Crippen molar-refractivity contribution in [2.75, 3.05) is 29.9 Å². The molecule has 4 heterocycles. The lowest BCUT2D eigenvalue weighted by atomic mass is 9.93. The lowest BCUT2D eigenvalue weighted by Gasteiger charge is -2.33. The number of nitrogens with zero attached hydrogens (tertiary/aromatic N) is 7. The van der Waals surface area contributed by atoms with Crippen molar-refractivity contribution in [1.82, 2.24) is 34.8 Å². The molecular weight excluding hydrogens is 1060 g/mol. The number of anilines is 1. The lowest BCUT2D eigenvalue weighted by Crippen LogP contribution is -2.45. The van der Waals surface area contributed by atoms with E-state index in [2.05, 4.69) is 15.5 Å². The molecule has 1 aliphatic heterocycles. The minimum atomic E-state index is -4.75. The highest BCUT2D eigenvalue weighted by molar-refractivity contribution is 8.00. The second-order valence-corrected chi connectivity index (χ2v) is 22.0. The molecule has 3 aromatic heterocycles. The summed E-state index contributed by atoms with van der Waals surface area (Å²) in [6, 6.07) is 7.57. The number of carboxylic acids is 1. The first-order valence-corrected chi connectivity index (χ1v) is 26.2. The predicted molar refractivity (Wildman–Crippen MR) is 260 cm³/mol. The maximum Gasteiger partial charge on any atom is 0.435 e. The summed E-state index contributed by atoms with van der Waals surface area (Å²) in [7, 11) is -0.683. The zero-order valence-corrected chi connectivity index (χ0v) is 43.4. The number of urea groups is 1. The molecule has 2 unspecified atom stereocenters. The number of hydrogen-bond donors (Lipinski definition) is 2. The fourth-order valence-corrected chi connectivity index (χ4v) is 9.61. The summed E-state index contributed by atoms with van der Waals surface area (Å²) >= 11 is 7.58. The molecule has 13 nitrogen and oxygen atoms in total. The zero-order valence-electron chi connectivity index (χ0n) is 41.0. The van der Waals surface area contributed by atoms with E-state index >= 15 is 0 Å². The molecule has 3 amide bonds. The molecule has 2 fully saturated rings. The number of likely N-dealkylation sites (tertiary alicyclic amines) is 1. The van der Waals surface area contributed by atoms with Gasteiger partial charge in [0.15, 0.2) is 11.5 Å². The van der Waals surface area contributed by atoms with E-state index in [0.29, 0.717) is 29.3 Å². The van der Waals surface area contributed by atoms with E-state index in [0.717, 1.165) is 33.1 Å². The van der Waals surface area contributed by atoms with Crippen LogP contribution >= 0.6 is 23.5 Å². The van der Waals surface area contributed by atoms with Crippen LogP contribution in [-0.4, -0.2) is 93.7 Å². The van der Waals surface area contributed by atoms with Crippen LogP contribution < -0.4 is 9.62 Å². The summed E-state index contributed by atoms with van der Waals surface area (Å²) in [4.78, 5) is 43.2. The zero-order chi connectivity index (χ0) is 55.0. The third-order valence-electron chi connectivity index (χ3n) is 12.8. The van der Waals surface area contributed by atoms with Crippen LogP contribution in [-0.2, 0) is 58.4 Å². The number of halogens is 11. The molecule has 5 aromatic rings. The van der Waals surface area contributed by atoms with E-state index in [4.69, 9.17) is 16.6 Å². The number of piperidine rings is 1. The van der Waals surface area contributed by atoms with E-state index in [1.807, 2.05) is 27.7 Å². The van der Waals surface area contributed by atoms with E-state index < -0.39 is 94.4 Å². The molecule has 404 valence electrons. The first-order chi connectivity index (χ1) is 34.5.